The predicted molar refractivity (Wildman–Crippen MR) is 84.9 cm³/mol. The van der Waals surface area contributed by atoms with Crippen molar-refractivity contribution in [3.8, 4) is 11.8 Å². The average Bonchev–Trinajstić information content (AvgIpc) is 2.94. The molecular weight excluding hydrogens is 317 g/mol. The van der Waals surface area contributed by atoms with Gasteiger partial charge in [-0.1, -0.05) is 17.4 Å². The van der Waals surface area contributed by atoms with Crippen LogP contribution in [0.25, 0.3) is 10.2 Å². The number of carbonyl (C=O) groups is 1. The number of halogens is 1. The number of ether oxygens (including phenoxy) is 1. The lowest BCUT2D eigenvalue weighted by molar-refractivity contribution is -0.118. The minimum atomic E-state index is -0.383. The van der Waals surface area contributed by atoms with Gasteiger partial charge in [0.2, 0.25) is 0 Å². The molecule has 0 atom stereocenters. The third-order valence-electron chi connectivity index (χ3n) is 2.93. The molecule has 0 fully saturated rings. The highest BCUT2D eigenvalue weighted by atomic mass is 32.1. The van der Waals surface area contributed by atoms with E-state index in [2.05, 4.69) is 10.3 Å². The Kier molecular flexibility index (Phi) is 4.17. The third kappa shape index (κ3) is 3.62. The summed E-state index contributed by atoms with van der Waals surface area (Å²) in [6, 6.07) is 12.8. The second-order valence-electron chi connectivity index (χ2n) is 4.61. The number of benzene rings is 2. The highest BCUT2D eigenvalue weighted by Gasteiger charge is 2.09. The van der Waals surface area contributed by atoms with E-state index in [0.717, 1.165) is 0 Å². The Morgan fingerprint density at radius 3 is 3.04 bits per heavy atom. The first kappa shape index (κ1) is 14.9. The summed E-state index contributed by atoms with van der Waals surface area (Å²) in [6.07, 6.45) is 0. The number of nitriles is 1. The fourth-order valence-electron chi connectivity index (χ4n) is 1.91. The van der Waals surface area contributed by atoms with E-state index in [4.69, 9.17) is 10.00 Å². The quantitative estimate of drug-likeness (QED) is 0.797. The number of anilines is 1. The molecule has 0 aliphatic rings. The van der Waals surface area contributed by atoms with Gasteiger partial charge in [-0.15, -0.1) is 0 Å². The van der Waals surface area contributed by atoms with Crippen LogP contribution < -0.4 is 10.1 Å². The number of nitrogens with zero attached hydrogens (tertiary/aromatic N) is 2. The number of amides is 1. The summed E-state index contributed by atoms with van der Waals surface area (Å²) in [4.78, 5) is 16.1. The number of carbonyl (C=O) groups excluding carboxylic acids is 1. The molecule has 0 radical (unpaired) electrons. The maximum atomic E-state index is 13.1. The largest absolute Gasteiger partial charge is 0.484 e. The second kappa shape index (κ2) is 6.42. The molecule has 23 heavy (non-hydrogen) atoms. The molecular formula is C16H10FN3O2S. The number of fused-ring (bicyclic) bond motifs is 1. The van der Waals surface area contributed by atoms with Crippen LogP contribution in [0.5, 0.6) is 5.75 Å². The van der Waals surface area contributed by atoms with Gasteiger partial charge in [0.25, 0.3) is 5.91 Å². The van der Waals surface area contributed by atoms with Crippen molar-refractivity contribution in [3.05, 3.63) is 53.8 Å². The van der Waals surface area contributed by atoms with Crippen LogP contribution >= 0.6 is 11.3 Å². The van der Waals surface area contributed by atoms with E-state index >= 15 is 0 Å². The Hall–Kier alpha value is -2.98. The standard InChI is InChI=1S/C16H10FN3O2S/c17-11-4-5-13-14(7-11)23-16(19-13)20-15(21)9-22-12-3-1-2-10(6-12)8-18/h1-7H,9H2,(H,19,20,21). The van der Waals surface area contributed by atoms with E-state index in [0.29, 0.717) is 26.7 Å². The Balaban J connectivity index is 1.63. The normalized spacial score (nSPS) is 10.3. The minimum absolute atomic E-state index is 0.209. The molecule has 0 saturated carbocycles. The minimum Gasteiger partial charge on any atom is -0.484 e. The smallest absolute Gasteiger partial charge is 0.264 e. The predicted octanol–water partition coefficient (Wildman–Crippen LogP) is 3.32. The molecule has 114 valence electrons. The van der Waals surface area contributed by atoms with Crippen LogP contribution in [-0.4, -0.2) is 17.5 Å². The maximum Gasteiger partial charge on any atom is 0.264 e. The summed E-state index contributed by atoms with van der Waals surface area (Å²) in [6.45, 7) is -0.209. The number of hydrogen-bond acceptors (Lipinski definition) is 5. The van der Waals surface area contributed by atoms with Crippen LogP contribution in [0.15, 0.2) is 42.5 Å². The molecule has 0 bridgehead atoms. The van der Waals surface area contributed by atoms with Crippen LogP contribution in [-0.2, 0) is 4.79 Å². The number of aromatic nitrogens is 1. The SMILES string of the molecule is N#Cc1cccc(OCC(=O)Nc2nc3ccc(F)cc3s2)c1. The van der Waals surface area contributed by atoms with Gasteiger partial charge in [-0.2, -0.15) is 5.26 Å². The molecule has 3 rings (SSSR count). The van der Waals surface area contributed by atoms with E-state index in [1.165, 1.54) is 23.5 Å². The van der Waals surface area contributed by atoms with E-state index in [1.54, 1.807) is 30.3 Å². The van der Waals surface area contributed by atoms with Crippen molar-refractivity contribution in [3.63, 3.8) is 0 Å². The first-order chi connectivity index (χ1) is 11.1. The highest BCUT2D eigenvalue weighted by Crippen LogP contribution is 2.26. The molecule has 5 nitrogen and oxygen atoms in total. The Bertz CT molecular complexity index is 917. The van der Waals surface area contributed by atoms with Gasteiger partial charge in [0.05, 0.1) is 21.8 Å². The van der Waals surface area contributed by atoms with Crippen molar-refractivity contribution in [2.24, 2.45) is 0 Å². The summed E-state index contributed by atoms with van der Waals surface area (Å²) in [5.74, 6) is -0.294. The Morgan fingerprint density at radius 2 is 2.22 bits per heavy atom. The lowest BCUT2D eigenvalue weighted by Gasteiger charge is -2.05. The molecule has 1 aromatic heterocycles. The van der Waals surface area contributed by atoms with Gasteiger partial charge in [0.15, 0.2) is 11.7 Å². The van der Waals surface area contributed by atoms with Gasteiger partial charge in [0, 0.05) is 0 Å². The zero-order chi connectivity index (χ0) is 16.2. The molecule has 1 amide bonds. The summed E-state index contributed by atoms with van der Waals surface area (Å²) in [5.41, 5.74) is 1.07. The van der Waals surface area contributed by atoms with E-state index in [9.17, 15) is 9.18 Å². The first-order valence-electron chi connectivity index (χ1n) is 6.63. The fourth-order valence-corrected chi connectivity index (χ4v) is 2.82. The molecule has 2 aromatic carbocycles. The molecule has 0 spiro atoms. The van der Waals surface area contributed by atoms with E-state index < -0.39 is 0 Å². The van der Waals surface area contributed by atoms with Gasteiger partial charge in [-0.05, 0) is 36.4 Å². The van der Waals surface area contributed by atoms with Crippen molar-refractivity contribution in [2.45, 2.75) is 0 Å². The molecule has 0 aliphatic carbocycles. The topological polar surface area (TPSA) is 75.0 Å². The molecule has 7 heteroatoms. The summed E-state index contributed by atoms with van der Waals surface area (Å²) < 4.78 is 19.1. The van der Waals surface area contributed by atoms with Gasteiger partial charge >= 0.3 is 0 Å². The molecule has 1 heterocycles. The third-order valence-corrected chi connectivity index (χ3v) is 3.86. The van der Waals surface area contributed by atoms with Crippen molar-refractivity contribution in [2.75, 3.05) is 11.9 Å². The fraction of sp³-hybridized carbons (Fsp3) is 0.0625. The van der Waals surface area contributed by atoms with Crippen LogP contribution in [0, 0.1) is 17.1 Å². The van der Waals surface area contributed by atoms with E-state index in [-0.39, 0.29) is 18.3 Å². The van der Waals surface area contributed by atoms with Gasteiger partial charge < -0.3 is 4.74 Å². The molecule has 1 N–H and O–H groups in total. The zero-order valence-corrected chi connectivity index (χ0v) is 12.6. The van der Waals surface area contributed by atoms with Crippen molar-refractivity contribution >= 4 is 32.6 Å². The first-order valence-corrected chi connectivity index (χ1v) is 7.44. The molecule has 0 unspecified atom stereocenters. The van der Waals surface area contributed by atoms with Crippen LogP contribution in [0.3, 0.4) is 0 Å². The monoisotopic (exact) mass is 327 g/mol. The maximum absolute atomic E-state index is 13.1. The van der Waals surface area contributed by atoms with Crippen LogP contribution in [0.2, 0.25) is 0 Å². The van der Waals surface area contributed by atoms with Crippen LogP contribution in [0.1, 0.15) is 5.56 Å². The van der Waals surface area contributed by atoms with Crippen molar-refractivity contribution in [1.82, 2.24) is 4.98 Å². The van der Waals surface area contributed by atoms with Crippen molar-refractivity contribution in [1.29, 1.82) is 5.26 Å². The number of nitrogens with one attached hydrogen (secondary N) is 1. The number of hydrogen-bond donors (Lipinski definition) is 1. The van der Waals surface area contributed by atoms with Gasteiger partial charge in [0.1, 0.15) is 11.6 Å². The second-order valence-corrected chi connectivity index (χ2v) is 5.64. The summed E-state index contributed by atoms with van der Waals surface area (Å²) in [5, 5.41) is 11.8. The van der Waals surface area contributed by atoms with E-state index in [1.807, 2.05) is 6.07 Å². The summed E-state index contributed by atoms with van der Waals surface area (Å²) >= 11 is 1.19. The Labute approximate surface area is 135 Å². The zero-order valence-electron chi connectivity index (χ0n) is 11.7. The lowest BCUT2D eigenvalue weighted by atomic mass is 10.2. The summed E-state index contributed by atoms with van der Waals surface area (Å²) in [7, 11) is 0. The number of thiazole rings is 1. The number of rotatable bonds is 4. The van der Waals surface area contributed by atoms with Gasteiger partial charge in [-0.25, -0.2) is 9.37 Å². The van der Waals surface area contributed by atoms with Gasteiger partial charge in [-0.3, -0.25) is 10.1 Å². The molecule has 0 aliphatic heterocycles. The van der Waals surface area contributed by atoms with Crippen molar-refractivity contribution < 1.29 is 13.9 Å². The van der Waals surface area contributed by atoms with Crippen LogP contribution in [0.4, 0.5) is 9.52 Å². The average molecular weight is 327 g/mol. The lowest BCUT2D eigenvalue weighted by Crippen LogP contribution is -2.20. The molecule has 0 saturated heterocycles. The Morgan fingerprint density at radius 1 is 1.35 bits per heavy atom. The molecule has 3 aromatic rings. The highest BCUT2D eigenvalue weighted by molar-refractivity contribution is 7.22.